The van der Waals surface area contributed by atoms with Gasteiger partial charge in [-0.1, -0.05) is 0 Å². The normalized spacial score (nSPS) is 12.5. The molecule has 30 heavy (non-hydrogen) atoms. The monoisotopic (exact) mass is 427 g/mol. The van der Waals surface area contributed by atoms with Crippen LogP contribution < -0.4 is 24.3 Å². The topological polar surface area (TPSA) is 120 Å². The minimum atomic E-state index is -3.51. The molecule has 0 spiro atoms. The highest BCUT2D eigenvalue weighted by atomic mass is 32.2. The van der Waals surface area contributed by atoms with Gasteiger partial charge in [-0.2, -0.15) is 5.26 Å². The fraction of sp³-hybridized carbons (Fsp3) is 0.200. The Morgan fingerprint density at radius 3 is 2.50 bits per heavy atom. The number of aromatic nitrogens is 1. The smallest absolute Gasteiger partial charge is 0.231 e. The molecule has 3 aromatic rings. The first-order valence-electron chi connectivity index (χ1n) is 8.72. The number of nitrogens with one attached hydrogen (secondary N) is 1. The van der Waals surface area contributed by atoms with E-state index in [1.807, 2.05) is 0 Å². The minimum Gasteiger partial charge on any atom is -0.493 e. The molecule has 0 saturated carbocycles. The lowest BCUT2D eigenvalue weighted by atomic mass is 10.1. The first kappa shape index (κ1) is 19.6. The Balaban J connectivity index is 1.91. The van der Waals surface area contributed by atoms with Crippen LogP contribution in [0.5, 0.6) is 23.0 Å². The molecule has 0 aliphatic carbocycles. The third-order valence-corrected chi connectivity index (χ3v) is 5.76. The number of pyridine rings is 1. The van der Waals surface area contributed by atoms with Crippen molar-refractivity contribution >= 4 is 32.1 Å². The summed E-state index contributed by atoms with van der Waals surface area (Å²) in [4.78, 5) is 4.36. The summed E-state index contributed by atoms with van der Waals surface area (Å²) < 4.78 is 45.7. The van der Waals surface area contributed by atoms with Gasteiger partial charge in [0.25, 0.3) is 0 Å². The second-order valence-corrected chi connectivity index (χ2v) is 8.44. The maximum Gasteiger partial charge on any atom is 0.231 e. The lowest BCUT2D eigenvalue weighted by molar-refractivity contribution is 0.172. The minimum absolute atomic E-state index is 0.0343. The van der Waals surface area contributed by atoms with E-state index in [1.54, 1.807) is 18.2 Å². The van der Waals surface area contributed by atoms with Gasteiger partial charge in [0.1, 0.15) is 11.0 Å². The third kappa shape index (κ3) is 3.19. The zero-order chi connectivity index (χ0) is 21.5. The Morgan fingerprint density at radius 1 is 1.13 bits per heavy atom. The summed E-state index contributed by atoms with van der Waals surface area (Å²) in [6.07, 6.45) is 2.54. The van der Waals surface area contributed by atoms with Gasteiger partial charge in [0.2, 0.25) is 6.79 Å². The van der Waals surface area contributed by atoms with E-state index in [9.17, 15) is 13.7 Å². The molecule has 0 bridgehead atoms. The number of nitrogens with zero attached hydrogens (tertiary/aromatic N) is 2. The van der Waals surface area contributed by atoms with E-state index in [0.29, 0.717) is 33.8 Å². The van der Waals surface area contributed by atoms with E-state index >= 15 is 0 Å². The molecule has 0 radical (unpaired) electrons. The van der Waals surface area contributed by atoms with Gasteiger partial charge in [-0.05, 0) is 18.2 Å². The summed E-state index contributed by atoms with van der Waals surface area (Å²) in [5.41, 5.74) is 1.78. The van der Waals surface area contributed by atoms with Crippen molar-refractivity contribution in [3.8, 4) is 29.1 Å². The molecule has 0 unspecified atom stereocenters. The van der Waals surface area contributed by atoms with E-state index in [-0.39, 0.29) is 28.8 Å². The highest BCUT2D eigenvalue weighted by molar-refractivity contribution is 7.90. The first-order chi connectivity index (χ1) is 14.4. The molecule has 0 fully saturated rings. The summed E-state index contributed by atoms with van der Waals surface area (Å²) in [7, 11) is -0.469. The van der Waals surface area contributed by atoms with Crippen molar-refractivity contribution in [1.29, 1.82) is 5.26 Å². The van der Waals surface area contributed by atoms with Gasteiger partial charge in [-0.15, -0.1) is 0 Å². The molecule has 1 aliphatic heterocycles. The predicted octanol–water partition coefficient (Wildman–Crippen LogP) is 3.00. The molecule has 1 N–H and O–H groups in total. The van der Waals surface area contributed by atoms with Gasteiger partial charge in [0, 0.05) is 23.9 Å². The number of sulfone groups is 1. The molecule has 2 heterocycles. The molecule has 1 aliphatic rings. The summed E-state index contributed by atoms with van der Waals surface area (Å²) in [6.45, 7) is -0.107. The Bertz CT molecular complexity index is 1310. The van der Waals surface area contributed by atoms with Crippen molar-refractivity contribution in [2.24, 2.45) is 0 Å². The molecule has 154 valence electrons. The standard InChI is InChI=1S/C20H17N3O6S/c1-26-15-6-12-14(7-16(15)27-2)22-9-11(8-21)18(12)23-13-4-5-17(30(3,24)25)20-19(13)28-10-29-20/h4-7,9H,10H2,1-3H3,(H,22,23). The Morgan fingerprint density at radius 2 is 1.83 bits per heavy atom. The van der Waals surface area contributed by atoms with Crippen LogP contribution in [0.1, 0.15) is 5.56 Å². The van der Waals surface area contributed by atoms with Gasteiger partial charge >= 0.3 is 0 Å². The second-order valence-electron chi connectivity index (χ2n) is 6.46. The Labute approximate surface area is 172 Å². The predicted molar refractivity (Wildman–Crippen MR) is 109 cm³/mol. The number of hydrogen-bond acceptors (Lipinski definition) is 9. The van der Waals surface area contributed by atoms with Crippen molar-refractivity contribution in [2.75, 3.05) is 32.6 Å². The number of nitriles is 1. The van der Waals surface area contributed by atoms with E-state index in [1.165, 1.54) is 26.5 Å². The average molecular weight is 427 g/mol. The lowest BCUT2D eigenvalue weighted by Gasteiger charge is -2.16. The Hall–Kier alpha value is -3.71. The number of methoxy groups -OCH3 is 2. The van der Waals surface area contributed by atoms with Gasteiger partial charge in [-0.3, -0.25) is 4.98 Å². The van der Waals surface area contributed by atoms with Crippen molar-refractivity contribution in [2.45, 2.75) is 4.90 Å². The molecule has 0 amide bonds. The maximum atomic E-state index is 12.0. The van der Waals surface area contributed by atoms with Crippen LogP contribution in [0.3, 0.4) is 0 Å². The van der Waals surface area contributed by atoms with Gasteiger partial charge in [0.05, 0.1) is 36.7 Å². The zero-order valence-corrected chi connectivity index (χ0v) is 17.2. The van der Waals surface area contributed by atoms with Crippen LogP contribution in [0.15, 0.2) is 35.4 Å². The molecule has 2 aromatic carbocycles. The fourth-order valence-electron chi connectivity index (χ4n) is 3.24. The number of anilines is 2. The lowest BCUT2D eigenvalue weighted by Crippen LogP contribution is -2.02. The number of benzene rings is 2. The maximum absolute atomic E-state index is 12.0. The van der Waals surface area contributed by atoms with E-state index in [4.69, 9.17) is 18.9 Å². The largest absolute Gasteiger partial charge is 0.493 e. The molecule has 9 nitrogen and oxygen atoms in total. The highest BCUT2D eigenvalue weighted by Crippen LogP contribution is 2.46. The zero-order valence-electron chi connectivity index (χ0n) is 16.3. The Kier molecular flexibility index (Phi) is 4.75. The van der Waals surface area contributed by atoms with Crippen LogP contribution >= 0.6 is 0 Å². The van der Waals surface area contributed by atoms with Crippen molar-refractivity contribution in [3.63, 3.8) is 0 Å². The number of fused-ring (bicyclic) bond motifs is 2. The summed E-state index contributed by atoms with van der Waals surface area (Å²) in [5.74, 6) is 1.37. The quantitative estimate of drug-likeness (QED) is 0.655. The van der Waals surface area contributed by atoms with E-state index in [2.05, 4.69) is 16.4 Å². The molecule has 1 aromatic heterocycles. The molecule has 0 atom stereocenters. The van der Waals surface area contributed by atoms with Crippen LogP contribution in [0.25, 0.3) is 10.9 Å². The number of rotatable bonds is 5. The number of hydrogen-bond donors (Lipinski definition) is 1. The van der Waals surface area contributed by atoms with Crippen molar-refractivity contribution < 1.29 is 27.4 Å². The summed E-state index contributed by atoms with van der Waals surface area (Å²) in [5, 5.41) is 13.4. The molecular formula is C20H17N3O6S. The van der Waals surface area contributed by atoms with Crippen LogP contribution in [0, 0.1) is 11.3 Å². The van der Waals surface area contributed by atoms with Crippen LogP contribution in [0.4, 0.5) is 11.4 Å². The van der Waals surface area contributed by atoms with Crippen LogP contribution in [-0.2, 0) is 9.84 Å². The van der Waals surface area contributed by atoms with Crippen molar-refractivity contribution in [1.82, 2.24) is 4.98 Å². The third-order valence-electron chi connectivity index (χ3n) is 4.64. The van der Waals surface area contributed by atoms with Crippen LogP contribution in [0.2, 0.25) is 0 Å². The van der Waals surface area contributed by atoms with Crippen molar-refractivity contribution in [3.05, 3.63) is 36.0 Å². The van der Waals surface area contributed by atoms with E-state index in [0.717, 1.165) is 6.26 Å². The summed E-state index contributed by atoms with van der Waals surface area (Å²) >= 11 is 0. The molecular weight excluding hydrogens is 410 g/mol. The van der Waals surface area contributed by atoms with E-state index < -0.39 is 9.84 Å². The fourth-order valence-corrected chi connectivity index (χ4v) is 4.04. The van der Waals surface area contributed by atoms with Gasteiger partial charge in [0.15, 0.2) is 32.8 Å². The summed E-state index contributed by atoms with van der Waals surface area (Å²) in [6, 6.07) is 8.54. The first-order valence-corrected chi connectivity index (χ1v) is 10.6. The van der Waals surface area contributed by atoms with Gasteiger partial charge in [-0.25, -0.2) is 8.42 Å². The molecule has 10 heteroatoms. The molecule has 0 saturated heterocycles. The van der Waals surface area contributed by atoms with Crippen LogP contribution in [-0.4, -0.2) is 40.7 Å². The number of ether oxygens (including phenoxy) is 4. The highest BCUT2D eigenvalue weighted by Gasteiger charge is 2.27. The average Bonchev–Trinajstić information content (AvgIpc) is 3.22. The second kappa shape index (κ2) is 7.27. The van der Waals surface area contributed by atoms with Gasteiger partial charge < -0.3 is 24.3 Å². The molecule has 4 rings (SSSR count). The SMILES string of the molecule is COc1cc2ncc(C#N)c(Nc3ccc(S(C)(=O)=O)c4c3OCO4)c2cc1OC.